The Bertz CT molecular complexity index is 92.4. The second-order valence-corrected chi connectivity index (χ2v) is 1.66. The van der Waals surface area contributed by atoms with Crippen LogP contribution in [0, 0.1) is 0 Å². The van der Waals surface area contributed by atoms with Crippen LogP contribution in [0.1, 0.15) is 0 Å². The van der Waals surface area contributed by atoms with Gasteiger partial charge in [0.1, 0.15) is 6.73 Å². The summed E-state index contributed by atoms with van der Waals surface area (Å²) in [6.07, 6.45) is 2.79. The third kappa shape index (κ3) is 1.20. The van der Waals surface area contributed by atoms with Crippen LogP contribution in [-0.4, -0.2) is 38.2 Å². The van der Waals surface area contributed by atoms with E-state index in [1.165, 1.54) is 0 Å². The van der Waals surface area contributed by atoms with Gasteiger partial charge >= 0.3 is 0 Å². The van der Waals surface area contributed by atoms with Crippen molar-refractivity contribution in [1.82, 2.24) is 4.90 Å². The summed E-state index contributed by atoms with van der Waals surface area (Å²) >= 11 is 0. The fraction of sp³-hybridized carbons (Fsp3) is 0.800. The molecule has 1 rings (SSSR count). The van der Waals surface area contributed by atoms with Gasteiger partial charge in [-0.25, -0.2) is 0 Å². The van der Waals surface area contributed by atoms with E-state index in [1.807, 2.05) is 4.90 Å². The molecule has 0 N–H and O–H groups in total. The molecule has 0 aromatic carbocycles. The van der Waals surface area contributed by atoms with Gasteiger partial charge in [-0.15, -0.1) is 0 Å². The van der Waals surface area contributed by atoms with Crippen LogP contribution in [-0.2, 0) is 4.74 Å². The van der Waals surface area contributed by atoms with Gasteiger partial charge in [0, 0.05) is 13.7 Å². The van der Waals surface area contributed by atoms with E-state index in [9.17, 15) is 0 Å². The van der Waals surface area contributed by atoms with Crippen LogP contribution in [0.5, 0.6) is 0 Å². The molecule has 0 bridgehead atoms. The monoisotopic (exact) mass is 113 g/mol. The van der Waals surface area contributed by atoms with E-state index < -0.39 is 0 Å². The Morgan fingerprint density at radius 1 is 1.88 bits per heavy atom. The summed E-state index contributed by atoms with van der Waals surface area (Å²) in [7, 11) is 1.67. The van der Waals surface area contributed by atoms with Crippen molar-refractivity contribution in [3.8, 4) is 0 Å². The Hall–Kier alpha value is -0.570. The maximum atomic E-state index is 4.83. The molecule has 3 heteroatoms. The number of methoxy groups -OCH3 is 1. The molecular weight excluding hydrogens is 104 g/mol. The average Bonchev–Trinajstić information content (AvgIpc) is 2.19. The minimum Gasteiger partial charge on any atom is -0.364 e. The second kappa shape index (κ2) is 2.67. The first-order chi connectivity index (χ1) is 3.93. The molecule has 1 aliphatic rings. The lowest BCUT2D eigenvalue weighted by molar-refractivity contribution is 0.119. The van der Waals surface area contributed by atoms with E-state index in [0.717, 1.165) is 13.1 Å². The zero-order valence-corrected chi connectivity index (χ0v) is 4.92. The largest absolute Gasteiger partial charge is 0.364 e. The average molecular weight is 113 g/mol. The molecule has 0 spiro atoms. The number of hydrogen-bond donors (Lipinski definition) is 0. The van der Waals surface area contributed by atoms with Gasteiger partial charge in [-0.2, -0.15) is 0 Å². The van der Waals surface area contributed by atoms with Gasteiger partial charge < -0.3 is 9.64 Å². The first kappa shape index (κ1) is 5.56. The molecule has 1 aliphatic heterocycles. The van der Waals surface area contributed by atoms with Gasteiger partial charge in [0.2, 0.25) is 0 Å². The smallest absolute Gasteiger partial charge is 0.169 e. The van der Waals surface area contributed by atoms with Crippen LogP contribution >= 0.6 is 0 Å². The maximum Gasteiger partial charge on any atom is 0.169 e. The highest BCUT2D eigenvalue weighted by Gasteiger charge is 2.02. The van der Waals surface area contributed by atoms with Crippen molar-refractivity contribution in [3.05, 3.63) is 0 Å². The van der Waals surface area contributed by atoms with E-state index in [1.54, 1.807) is 7.11 Å². The minimum atomic E-state index is 0.615. The molecular formula is C5H9N2O. The van der Waals surface area contributed by atoms with E-state index in [-0.39, 0.29) is 0 Å². The van der Waals surface area contributed by atoms with Gasteiger partial charge in [0.25, 0.3) is 0 Å². The lowest BCUT2D eigenvalue weighted by atomic mass is 10.6. The molecule has 0 amide bonds. The Kier molecular flexibility index (Phi) is 1.86. The fourth-order valence-corrected chi connectivity index (χ4v) is 0.620. The molecule has 8 heavy (non-hydrogen) atoms. The molecule has 0 unspecified atom stereocenters. The molecule has 3 nitrogen and oxygen atoms in total. The highest BCUT2D eigenvalue weighted by molar-refractivity contribution is 5.56. The van der Waals surface area contributed by atoms with E-state index in [2.05, 4.69) is 11.3 Å². The van der Waals surface area contributed by atoms with Crippen molar-refractivity contribution in [1.29, 1.82) is 0 Å². The predicted molar refractivity (Wildman–Crippen MR) is 30.9 cm³/mol. The van der Waals surface area contributed by atoms with Crippen LogP contribution in [0.2, 0.25) is 0 Å². The molecule has 0 fully saturated rings. The van der Waals surface area contributed by atoms with Crippen LogP contribution < -0.4 is 0 Å². The summed E-state index contributed by atoms with van der Waals surface area (Å²) < 4.78 is 4.83. The number of aliphatic imine (C=N–C) groups is 1. The summed E-state index contributed by atoms with van der Waals surface area (Å²) in [5, 5.41) is 0. The Balaban J connectivity index is 2.16. The van der Waals surface area contributed by atoms with Crippen LogP contribution in [0.25, 0.3) is 0 Å². The second-order valence-electron chi connectivity index (χ2n) is 1.66. The third-order valence-corrected chi connectivity index (χ3v) is 0.979. The van der Waals surface area contributed by atoms with Crippen molar-refractivity contribution in [2.75, 3.05) is 26.9 Å². The summed E-state index contributed by atoms with van der Waals surface area (Å²) in [4.78, 5) is 5.78. The SMILES string of the molecule is COCN1[C]=NCC1. The first-order valence-electron chi connectivity index (χ1n) is 2.59. The lowest BCUT2D eigenvalue weighted by Crippen LogP contribution is -2.21. The molecule has 1 radical (unpaired) electrons. The minimum absolute atomic E-state index is 0.615. The van der Waals surface area contributed by atoms with Crippen LogP contribution in [0.15, 0.2) is 4.99 Å². The highest BCUT2D eigenvalue weighted by Crippen LogP contribution is 1.90. The maximum absolute atomic E-state index is 4.83. The predicted octanol–water partition coefficient (Wildman–Crippen LogP) is -0.189. The van der Waals surface area contributed by atoms with Gasteiger partial charge in [0.15, 0.2) is 6.34 Å². The Morgan fingerprint density at radius 3 is 3.25 bits per heavy atom. The van der Waals surface area contributed by atoms with Gasteiger partial charge in [-0.05, 0) is 0 Å². The Morgan fingerprint density at radius 2 is 2.75 bits per heavy atom. The molecule has 1 heterocycles. The zero-order valence-electron chi connectivity index (χ0n) is 4.92. The van der Waals surface area contributed by atoms with Gasteiger partial charge in [0.05, 0.1) is 6.54 Å². The number of rotatable bonds is 2. The van der Waals surface area contributed by atoms with Crippen LogP contribution in [0.4, 0.5) is 0 Å². The van der Waals surface area contributed by atoms with Crippen molar-refractivity contribution in [2.45, 2.75) is 0 Å². The van der Waals surface area contributed by atoms with Crippen LogP contribution in [0.3, 0.4) is 0 Å². The summed E-state index contributed by atoms with van der Waals surface area (Å²) in [5.41, 5.74) is 0. The van der Waals surface area contributed by atoms with Gasteiger partial charge in [-0.3, -0.25) is 4.99 Å². The number of nitrogens with zero attached hydrogens (tertiary/aromatic N) is 2. The molecule has 0 aliphatic carbocycles. The Labute approximate surface area is 49.0 Å². The molecule has 0 saturated carbocycles. The summed E-state index contributed by atoms with van der Waals surface area (Å²) in [6.45, 7) is 2.43. The van der Waals surface area contributed by atoms with Crippen molar-refractivity contribution in [2.24, 2.45) is 4.99 Å². The van der Waals surface area contributed by atoms with Crippen molar-refractivity contribution in [3.63, 3.8) is 0 Å². The molecule has 0 saturated heterocycles. The highest BCUT2D eigenvalue weighted by atomic mass is 16.5. The van der Waals surface area contributed by atoms with E-state index >= 15 is 0 Å². The van der Waals surface area contributed by atoms with E-state index in [4.69, 9.17) is 4.74 Å². The van der Waals surface area contributed by atoms with Gasteiger partial charge in [-0.1, -0.05) is 0 Å². The van der Waals surface area contributed by atoms with Crippen molar-refractivity contribution >= 4 is 6.34 Å². The summed E-state index contributed by atoms with van der Waals surface area (Å²) in [5.74, 6) is 0. The molecule has 0 aromatic heterocycles. The number of hydrogen-bond acceptors (Lipinski definition) is 3. The lowest BCUT2D eigenvalue weighted by Gasteiger charge is -2.09. The third-order valence-electron chi connectivity index (χ3n) is 0.979. The first-order valence-corrected chi connectivity index (χ1v) is 2.59. The molecule has 0 atom stereocenters. The zero-order chi connectivity index (χ0) is 5.82. The number of ether oxygens (including phenoxy) is 1. The van der Waals surface area contributed by atoms with E-state index in [0.29, 0.717) is 6.73 Å². The standard InChI is InChI=1S/C5H9N2O/c1-8-5-7-3-2-6-4-7/h2-3,5H2,1H3. The topological polar surface area (TPSA) is 24.8 Å². The molecule has 0 aromatic rings. The fourth-order valence-electron chi connectivity index (χ4n) is 0.620. The normalized spacial score (nSPS) is 17.9. The summed E-state index contributed by atoms with van der Waals surface area (Å²) in [6, 6.07) is 0. The van der Waals surface area contributed by atoms with Crippen molar-refractivity contribution < 1.29 is 4.74 Å². The quantitative estimate of drug-likeness (QED) is 0.496. The molecule has 45 valence electrons.